The van der Waals surface area contributed by atoms with Gasteiger partial charge in [-0.15, -0.1) is 11.8 Å². The molecule has 0 aliphatic heterocycles. The van der Waals surface area contributed by atoms with Gasteiger partial charge in [-0.05, 0) is 31.5 Å². The first-order valence-electron chi connectivity index (χ1n) is 4.85. The lowest BCUT2D eigenvalue weighted by atomic mass is 10.1. The molecule has 0 fully saturated rings. The molecule has 4 heteroatoms. The standard InChI is InChI=1S/C11H16FNOS/c1-3-11(2,14)7-15-10-5-4-8(12)6-9(10)13/h4-6,14H,3,7,13H2,1-2H3. The van der Waals surface area contributed by atoms with Crippen LogP contribution >= 0.6 is 11.8 Å². The molecule has 1 aromatic carbocycles. The molecular weight excluding hydrogens is 213 g/mol. The number of halogens is 1. The summed E-state index contributed by atoms with van der Waals surface area (Å²) >= 11 is 1.45. The zero-order chi connectivity index (χ0) is 11.5. The van der Waals surface area contributed by atoms with E-state index in [-0.39, 0.29) is 5.82 Å². The largest absolute Gasteiger partial charge is 0.398 e. The van der Waals surface area contributed by atoms with Crippen LogP contribution in [0, 0.1) is 5.82 Å². The highest BCUT2D eigenvalue weighted by atomic mass is 32.2. The van der Waals surface area contributed by atoms with Gasteiger partial charge < -0.3 is 10.8 Å². The van der Waals surface area contributed by atoms with E-state index < -0.39 is 5.60 Å². The lowest BCUT2D eigenvalue weighted by Gasteiger charge is -2.20. The monoisotopic (exact) mass is 229 g/mol. The molecule has 0 aliphatic carbocycles. The number of benzene rings is 1. The summed E-state index contributed by atoms with van der Waals surface area (Å²) in [5.74, 6) is 0.221. The Morgan fingerprint density at radius 3 is 2.73 bits per heavy atom. The minimum atomic E-state index is -0.703. The highest BCUT2D eigenvalue weighted by Crippen LogP contribution is 2.29. The third-order valence-electron chi connectivity index (χ3n) is 2.27. The Balaban J connectivity index is 2.66. The maximum atomic E-state index is 12.7. The van der Waals surface area contributed by atoms with Crippen LogP contribution in [0.3, 0.4) is 0 Å². The fraction of sp³-hybridized carbons (Fsp3) is 0.455. The van der Waals surface area contributed by atoms with Crippen molar-refractivity contribution in [1.29, 1.82) is 0 Å². The fourth-order valence-corrected chi connectivity index (χ4v) is 2.05. The molecule has 84 valence electrons. The van der Waals surface area contributed by atoms with Gasteiger partial charge in [-0.25, -0.2) is 4.39 Å². The highest BCUT2D eigenvalue weighted by molar-refractivity contribution is 7.99. The van der Waals surface area contributed by atoms with Crippen LogP contribution < -0.4 is 5.73 Å². The molecule has 0 spiro atoms. The first-order valence-corrected chi connectivity index (χ1v) is 5.83. The molecule has 2 nitrogen and oxygen atoms in total. The van der Waals surface area contributed by atoms with Crippen LogP contribution in [0.15, 0.2) is 23.1 Å². The molecule has 0 heterocycles. The number of aliphatic hydroxyl groups is 1. The van der Waals surface area contributed by atoms with E-state index in [0.29, 0.717) is 17.9 Å². The second-order valence-electron chi connectivity index (χ2n) is 3.82. The van der Waals surface area contributed by atoms with E-state index in [1.54, 1.807) is 13.0 Å². The lowest BCUT2D eigenvalue weighted by molar-refractivity contribution is 0.0816. The van der Waals surface area contributed by atoms with Gasteiger partial charge in [0, 0.05) is 16.3 Å². The quantitative estimate of drug-likeness (QED) is 0.616. The summed E-state index contributed by atoms with van der Waals surface area (Å²) < 4.78 is 12.7. The molecule has 0 aromatic heterocycles. The summed E-state index contributed by atoms with van der Waals surface area (Å²) in [6.07, 6.45) is 0.682. The van der Waals surface area contributed by atoms with Crippen molar-refractivity contribution in [2.24, 2.45) is 0 Å². The van der Waals surface area contributed by atoms with Crippen LogP contribution in [0.5, 0.6) is 0 Å². The number of hydrogen-bond donors (Lipinski definition) is 2. The first-order chi connectivity index (χ1) is 6.94. The molecule has 0 saturated heterocycles. The second kappa shape index (κ2) is 4.86. The Labute approximate surface area is 93.7 Å². The van der Waals surface area contributed by atoms with Gasteiger partial charge in [-0.3, -0.25) is 0 Å². The van der Waals surface area contributed by atoms with E-state index in [1.807, 2.05) is 6.92 Å². The van der Waals surface area contributed by atoms with E-state index in [1.165, 1.54) is 23.9 Å². The molecule has 1 aromatic rings. The van der Waals surface area contributed by atoms with Gasteiger partial charge in [0.05, 0.1) is 5.60 Å². The molecule has 0 radical (unpaired) electrons. The molecule has 15 heavy (non-hydrogen) atoms. The third kappa shape index (κ3) is 3.72. The van der Waals surface area contributed by atoms with Crippen LogP contribution in [0.25, 0.3) is 0 Å². The summed E-state index contributed by atoms with van der Waals surface area (Å²) in [5.41, 5.74) is 5.37. The van der Waals surface area contributed by atoms with Gasteiger partial charge in [-0.2, -0.15) is 0 Å². The van der Waals surface area contributed by atoms with E-state index in [4.69, 9.17) is 5.73 Å². The number of nitrogens with two attached hydrogens (primary N) is 1. The number of nitrogen functional groups attached to an aromatic ring is 1. The second-order valence-corrected chi connectivity index (χ2v) is 4.84. The number of hydrogen-bond acceptors (Lipinski definition) is 3. The minimum Gasteiger partial charge on any atom is -0.398 e. The zero-order valence-electron chi connectivity index (χ0n) is 8.96. The van der Waals surface area contributed by atoms with Gasteiger partial charge in [0.2, 0.25) is 0 Å². The van der Waals surface area contributed by atoms with Gasteiger partial charge in [0.25, 0.3) is 0 Å². The zero-order valence-corrected chi connectivity index (χ0v) is 9.77. The van der Waals surface area contributed by atoms with Crippen LogP contribution in [-0.2, 0) is 0 Å². The Kier molecular flexibility index (Phi) is 3.99. The van der Waals surface area contributed by atoms with Crippen molar-refractivity contribution in [3.63, 3.8) is 0 Å². The number of rotatable bonds is 4. The van der Waals surface area contributed by atoms with Gasteiger partial charge in [-0.1, -0.05) is 6.92 Å². The fourth-order valence-electron chi connectivity index (χ4n) is 0.986. The summed E-state index contributed by atoms with van der Waals surface area (Å²) in [5, 5.41) is 9.79. The number of anilines is 1. The average molecular weight is 229 g/mol. The van der Waals surface area contributed by atoms with E-state index in [2.05, 4.69) is 0 Å². The van der Waals surface area contributed by atoms with E-state index in [0.717, 1.165) is 4.90 Å². The molecule has 1 unspecified atom stereocenters. The Morgan fingerprint density at radius 1 is 1.53 bits per heavy atom. The summed E-state index contributed by atoms with van der Waals surface area (Å²) in [7, 11) is 0. The summed E-state index contributed by atoms with van der Waals surface area (Å²) in [6, 6.07) is 4.31. The Morgan fingerprint density at radius 2 is 2.20 bits per heavy atom. The Bertz CT molecular complexity index is 341. The predicted molar refractivity (Wildman–Crippen MR) is 62.5 cm³/mol. The average Bonchev–Trinajstić information content (AvgIpc) is 2.16. The highest BCUT2D eigenvalue weighted by Gasteiger charge is 2.18. The molecule has 1 rings (SSSR count). The van der Waals surface area contributed by atoms with E-state index in [9.17, 15) is 9.50 Å². The van der Waals surface area contributed by atoms with Crippen LogP contribution in [-0.4, -0.2) is 16.5 Å². The van der Waals surface area contributed by atoms with Crippen molar-refractivity contribution in [2.75, 3.05) is 11.5 Å². The first kappa shape index (κ1) is 12.3. The number of thioether (sulfide) groups is 1. The van der Waals surface area contributed by atoms with Crippen molar-refractivity contribution in [3.8, 4) is 0 Å². The molecule has 1 atom stereocenters. The minimum absolute atomic E-state index is 0.334. The lowest BCUT2D eigenvalue weighted by Crippen LogP contribution is -2.25. The summed E-state index contributed by atoms with van der Waals surface area (Å²) in [6.45, 7) is 3.70. The summed E-state index contributed by atoms with van der Waals surface area (Å²) in [4.78, 5) is 0.810. The normalized spacial score (nSPS) is 14.9. The molecule has 3 N–H and O–H groups in total. The van der Waals surface area contributed by atoms with Crippen molar-refractivity contribution >= 4 is 17.4 Å². The van der Waals surface area contributed by atoms with Gasteiger partial charge in [0.1, 0.15) is 5.82 Å². The van der Waals surface area contributed by atoms with Crippen molar-refractivity contribution in [2.45, 2.75) is 30.8 Å². The molecule has 0 bridgehead atoms. The smallest absolute Gasteiger partial charge is 0.125 e. The Hall–Kier alpha value is -0.740. The van der Waals surface area contributed by atoms with Crippen molar-refractivity contribution in [1.82, 2.24) is 0 Å². The topological polar surface area (TPSA) is 46.2 Å². The molecule has 0 amide bonds. The van der Waals surface area contributed by atoms with E-state index >= 15 is 0 Å². The van der Waals surface area contributed by atoms with Crippen molar-refractivity contribution < 1.29 is 9.50 Å². The maximum Gasteiger partial charge on any atom is 0.125 e. The van der Waals surface area contributed by atoms with Crippen LogP contribution in [0.1, 0.15) is 20.3 Å². The van der Waals surface area contributed by atoms with Gasteiger partial charge >= 0.3 is 0 Å². The maximum absolute atomic E-state index is 12.7. The molecule has 0 aliphatic rings. The van der Waals surface area contributed by atoms with Crippen molar-refractivity contribution in [3.05, 3.63) is 24.0 Å². The SMILES string of the molecule is CCC(C)(O)CSc1ccc(F)cc1N. The predicted octanol–water partition coefficient (Wildman–Crippen LogP) is 2.66. The van der Waals surface area contributed by atoms with Crippen LogP contribution in [0.2, 0.25) is 0 Å². The molecule has 0 saturated carbocycles. The van der Waals surface area contributed by atoms with Gasteiger partial charge in [0.15, 0.2) is 0 Å². The molecular formula is C11H16FNOS. The third-order valence-corrected chi connectivity index (χ3v) is 3.72. The van der Waals surface area contributed by atoms with Crippen LogP contribution in [0.4, 0.5) is 10.1 Å².